The number of methoxy groups -OCH3 is 1. The minimum Gasteiger partial charge on any atom is -0.497 e. The molecule has 2 saturated heterocycles. The number of likely N-dealkylation sites (N-methyl/N-ethyl adjacent to an activating group) is 1. The molecule has 0 spiro atoms. The summed E-state index contributed by atoms with van der Waals surface area (Å²) in [7, 11) is 7.57. The van der Waals surface area contributed by atoms with E-state index >= 15 is 33.2 Å². The summed E-state index contributed by atoms with van der Waals surface area (Å²) in [4.78, 5) is 180. The maximum atomic E-state index is 16.3. The van der Waals surface area contributed by atoms with Gasteiger partial charge in [-0.15, -0.1) is 5.10 Å². The van der Waals surface area contributed by atoms with E-state index in [9.17, 15) is 33.9 Å². The molecule has 0 radical (unpaired) electrons. The number of rotatable bonds is 15. The third kappa shape index (κ3) is 22.6. The SMILES string of the molecule is COc1ccc(C[C@@H]2NC(=O)[C@H]([C@@H](C)O)NC(=O)C3[C@@H]4CCN3C(=O)[C@@H]3Cc5cn(c6ccc(F)cc56)Cc5cn(nn5)Cc5cc(ccc5CNC(=O)CCC(=O)N[C@@H](C)C(=O)N[C@H](CNC(=O)CCOCCOCC[N+](C)(C)C)C(=O)N[C@@H](Cc5cccc(c5)CNC(=O)CO4)C(=O)N3)CCNC(=O)[C@]3(C)CCCN3C2=O)cc1. The van der Waals surface area contributed by atoms with Crippen molar-refractivity contribution in [2.45, 2.75) is 171 Å². The summed E-state index contributed by atoms with van der Waals surface area (Å²) in [6, 6.07) is 11.3. The molecule has 5 aliphatic rings. The Morgan fingerprint density at radius 3 is 2.21 bits per heavy atom. The van der Waals surface area contributed by atoms with Gasteiger partial charge in [-0.25, -0.2) is 9.07 Å². The minimum absolute atomic E-state index is 0.00259. The first-order chi connectivity index (χ1) is 55.5. The number of ether oxygens (including phenoxy) is 4. The van der Waals surface area contributed by atoms with Gasteiger partial charge in [0.1, 0.15) is 78.2 Å². The van der Waals surface area contributed by atoms with E-state index in [4.69, 9.17) is 18.9 Å². The van der Waals surface area contributed by atoms with Gasteiger partial charge in [-0.2, -0.15) is 0 Å². The summed E-state index contributed by atoms with van der Waals surface area (Å²) in [5.41, 5.74) is 3.20. The molecule has 7 heterocycles. The summed E-state index contributed by atoms with van der Waals surface area (Å²) in [5.74, 6) is -9.90. The van der Waals surface area contributed by atoms with Crippen LogP contribution in [0.1, 0.15) is 104 Å². The number of carbonyl (C=O) groups excluding carboxylic acids is 12. The van der Waals surface area contributed by atoms with Gasteiger partial charge in [0.15, 0.2) is 0 Å². The fourth-order valence-corrected chi connectivity index (χ4v) is 14.9. The molecular formula is C81H105FN17O17+. The lowest BCUT2D eigenvalue weighted by Crippen LogP contribution is -2.64. The molecule has 35 heteroatoms. The highest BCUT2D eigenvalue weighted by Crippen LogP contribution is 2.33. The standard InChI is InChI=1S/C81H104FN17O17/c1-48-73(105)91-64(42-86-68(102)24-30-114-32-33-115-31-29-99(4,5)6)75(107)88-61-37-52-10-8-11-53(34-52)40-84-70(104)47-116-66-23-28-97-72(66)77(109)92-71(49(2)100)76(108)90-62(36-50-13-17-59(113-7)18-14-50)79(111)98-27-9-25-81(98,3)80(112)83-26-22-51-12-15-54(41-85-67(101)20-21-69(103)87-48)55(35-51)44-96-46-58(93-94-96)45-95-43-56(38-63(78(97)110)89-74(61)106)60-39-57(82)16-19-65(60)95/h8,10-19,34-35,39,43,46,48-49,61-64,66,71-72,100H,9,20-33,36-38,40-42,44-45,47H2,1-7H3,(H9-,83,84,85,86,87,88,89,90,91,92,101,102,103,104,105,106,107,108,109,112)/p+1/t48-,49+,61-,62-,63-,64+,66-,71-,72?,81-/m0/s1. The second-order valence-electron chi connectivity index (χ2n) is 31.3. The van der Waals surface area contributed by atoms with Crippen molar-refractivity contribution < 1.29 is 90.5 Å². The number of nitrogens with one attached hydrogen (secondary N) is 10. The van der Waals surface area contributed by atoms with Gasteiger partial charge in [-0.1, -0.05) is 59.8 Å². The number of benzene rings is 4. The van der Waals surface area contributed by atoms with Crippen LogP contribution < -0.4 is 57.9 Å². The van der Waals surface area contributed by atoms with Crippen LogP contribution in [-0.2, 0) is 124 Å². The molecule has 10 atom stereocenters. The summed E-state index contributed by atoms with van der Waals surface area (Å²) in [5, 5.41) is 48.7. The quantitative estimate of drug-likeness (QED) is 0.0440. The molecule has 2 fully saturated rings. The molecule has 13 bridgehead atoms. The average Bonchev–Trinajstić information content (AvgIpc) is 1.63. The summed E-state index contributed by atoms with van der Waals surface area (Å²) in [6.45, 7) is 4.39. The first kappa shape index (κ1) is 85.6. The molecule has 622 valence electrons. The van der Waals surface area contributed by atoms with Gasteiger partial charge >= 0.3 is 0 Å². The van der Waals surface area contributed by atoms with Gasteiger partial charge in [0.2, 0.25) is 70.9 Å². The number of carbonyl (C=O) groups is 12. The number of hydrogen-bond acceptors (Lipinski definition) is 19. The van der Waals surface area contributed by atoms with Gasteiger partial charge in [-0.05, 0) is 116 Å². The van der Waals surface area contributed by atoms with E-state index in [0.29, 0.717) is 62.3 Å². The molecule has 1 unspecified atom stereocenters. The van der Waals surface area contributed by atoms with E-state index in [1.807, 2.05) is 39.3 Å². The Balaban J connectivity index is 1.02. The fraction of sp³-hybridized carbons (Fsp3) is 0.506. The molecule has 0 aliphatic carbocycles. The van der Waals surface area contributed by atoms with Crippen molar-refractivity contribution in [3.63, 3.8) is 0 Å². The summed E-state index contributed by atoms with van der Waals surface area (Å²) >= 11 is 0. The maximum Gasteiger partial charge on any atom is 0.246 e. The van der Waals surface area contributed by atoms with Crippen LogP contribution in [0.2, 0.25) is 0 Å². The molecule has 0 saturated carbocycles. The molecule has 116 heavy (non-hydrogen) atoms. The highest BCUT2D eigenvalue weighted by molar-refractivity contribution is 6.00. The molecule has 34 nitrogen and oxygen atoms in total. The highest BCUT2D eigenvalue weighted by atomic mass is 19.1. The smallest absolute Gasteiger partial charge is 0.246 e. The summed E-state index contributed by atoms with van der Waals surface area (Å²) in [6.07, 6.45) is -0.821. The van der Waals surface area contributed by atoms with Crippen molar-refractivity contribution in [1.29, 1.82) is 0 Å². The molecule has 2 aromatic heterocycles. The van der Waals surface area contributed by atoms with Crippen LogP contribution in [0.3, 0.4) is 0 Å². The largest absolute Gasteiger partial charge is 0.497 e. The Morgan fingerprint density at radius 2 is 1.44 bits per heavy atom. The summed E-state index contributed by atoms with van der Waals surface area (Å²) < 4.78 is 43.0. The van der Waals surface area contributed by atoms with E-state index in [0.717, 1.165) is 17.0 Å². The second kappa shape index (κ2) is 38.9. The van der Waals surface area contributed by atoms with Crippen molar-refractivity contribution in [2.75, 3.05) is 94.0 Å². The van der Waals surface area contributed by atoms with Crippen LogP contribution in [0.25, 0.3) is 10.9 Å². The number of aliphatic hydroxyl groups is 1. The van der Waals surface area contributed by atoms with Crippen molar-refractivity contribution >= 4 is 81.8 Å². The maximum absolute atomic E-state index is 16.3. The zero-order valence-electron chi connectivity index (χ0n) is 66.4. The number of quaternary nitrogens is 1. The second-order valence-corrected chi connectivity index (χ2v) is 31.3. The molecule has 11 rings (SSSR count). The third-order valence-corrected chi connectivity index (χ3v) is 21.4. The van der Waals surface area contributed by atoms with Gasteiger partial charge in [0.25, 0.3) is 0 Å². The number of fused-ring (bicyclic) bond motifs is 7. The molecule has 5 aliphatic heterocycles. The monoisotopic (exact) mass is 1610 g/mol. The average molecular weight is 1610 g/mol. The Morgan fingerprint density at radius 1 is 0.698 bits per heavy atom. The van der Waals surface area contributed by atoms with E-state index < -0.39 is 156 Å². The lowest BCUT2D eigenvalue weighted by molar-refractivity contribution is -0.870. The lowest BCUT2D eigenvalue weighted by Gasteiger charge is -2.37. The number of aromatic nitrogens is 4. The van der Waals surface area contributed by atoms with Crippen LogP contribution >= 0.6 is 0 Å². The van der Waals surface area contributed by atoms with E-state index in [-0.39, 0.29) is 128 Å². The van der Waals surface area contributed by atoms with Crippen molar-refractivity contribution in [3.8, 4) is 5.75 Å². The zero-order valence-corrected chi connectivity index (χ0v) is 66.4. The van der Waals surface area contributed by atoms with Crippen LogP contribution in [0.4, 0.5) is 4.39 Å². The van der Waals surface area contributed by atoms with E-state index in [2.05, 4.69) is 63.5 Å². The lowest BCUT2D eigenvalue weighted by atomic mass is 9.95. The third-order valence-electron chi connectivity index (χ3n) is 21.4. The number of hydrogen-bond donors (Lipinski definition) is 11. The van der Waals surface area contributed by atoms with Gasteiger partial charge in [-0.3, -0.25) is 57.5 Å². The van der Waals surface area contributed by atoms with E-state index in [1.54, 1.807) is 77.1 Å². The number of halogens is 1. The molecule has 6 aromatic rings. The van der Waals surface area contributed by atoms with Crippen LogP contribution in [0.15, 0.2) is 97.3 Å². The zero-order chi connectivity index (χ0) is 83.0. The first-order valence-corrected chi connectivity index (χ1v) is 39.2. The number of amides is 12. The number of aliphatic hydroxyl groups excluding tert-OH is 1. The fourth-order valence-electron chi connectivity index (χ4n) is 14.9. The predicted octanol–water partition coefficient (Wildman–Crippen LogP) is -0.861. The Bertz CT molecular complexity index is 4600. The van der Waals surface area contributed by atoms with E-state index in [1.165, 1.54) is 44.1 Å². The molecule has 12 amide bonds. The van der Waals surface area contributed by atoms with Crippen molar-refractivity contribution in [3.05, 3.63) is 148 Å². The molecular weight excluding hydrogens is 1500 g/mol. The first-order valence-electron chi connectivity index (χ1n) is 39.2. The number of nitrogens with zero attached hydrogens (tertiary/aromatic N) is 7. The Labute approximate surface area is 670 Å². The van der Waals surface area contributed by atoms with Crippen molar-refractivity contribution in [1.82, 2.24) is 82.5 Å². The minimum atomic E-state index is -1.88. The molecule has 4 aromatic carbocycles. The highest BCUT2D eigenvalue weighted by Gasteiger charge is 2.50. The van der Waals surface area contributed by atoms with Gasteiger partial charge in [0, 0.05) is 94.9 Å². The van der Waals surface area contributed by atoms with Crippen molar-refractivity contribution in [2.24, 2.45) is 0 Å². The van der Waals surface area contributed by atoms with Crippen LogP contribution in [-0.4, -0.2) is 264 Å². The van der Waals surface area contributed by atoms with Crippen LogP contribution in [0, 0.1) is 5.82 Å². The van der Waals surface area contributed by atoms with Crippen LogP contribution in [0.5, 0.6) is 5.75 Å². The Hall–Kier alpha value is -11.3. The normalized spacial score (nSPS) is 24.0. The van der Waals surface area contributed by atoms with Gasteiger partial charge < -0.3 is 96.1 Å². The predicted molar refractivity (Wildman–Crippen MR) is 417 cm³/mol. The Kier molecular flexibility index (Phi) is 28.7. The van der Waals surface area contributed by atoms with Gasteiger partial charge in [0.05, 0.1) is 86.2 Å². The topological polar surface area (TPSA) is 424 Å². The molecule has 11 N–H and O–H groups in total.